The van der Waals surface area contributed by atoms with E-state index >= 15 is 0 Å². The van der Waals surface area contributed by atoms with E-state index in [4.69, 9.17) is 9.26 Å². The van der Waals surface area contributed by atoms with E-state index in [-0.39, 0.29) is 19.1 Å². The molecule has 1 fully saturated rings. The number of likely N-dealkylation sites (tertiary alicyclic amines) is 1. The summed E-state index contributed by atoms with van der Waals surface area (Å²) in [4.78, 5) is 22.0. The van der Waals surface area contributed by atoms with Crippen LogP contribution in [0.4, 0.5) is 0 Å². The van der Waals surface area contributed by atoms with Crippen LogP contribution in [0.1, 0.15) is 25.2 Å². The zero-order valence-corrected chi connectivity index (χ0v) is 12.3. The van der Waals surface area contributed by atoms with Crippen LogP contribution in [0.5, 0.6) is 0 Å². The highest BCUT2D eigenvalue weighted by molar-refractivity contribution is 5.77. The van der Waals surface area contributed by atoms with Gasteiger partial charge in [0.2, 0.25) is 11.7 Å². The number of pyridine rings is 1. The highest BCUT2D eigenvalue weighted by atomic mass is 16.5. The summed E-state index contributed by atoms with van der Waals surface area (Å²) in [5.74, 6) is 0.839. The Kier molecular flexibility index (Phi) is 4.75. The number of hydrogen-bond acceptors (Lipinski definition) is 6. The van der Waals surface area contributed by atoms with Gasteiger partial charge >= 0.3 is 0 Å². The molecule has 1 aliphatic heterocycles. The molecular weight excluding hydrogens is 284 g/mol. The van der Waals surface area contributed by atoms with E-state index in [0.29, 0.717) is 11.7 Å². The van der Waals surface area contributed by atoms with Gasteiger partial charge in [0.05, 0.1) is 0 Å². The maximum absolute atomic E-state index is 11.9. The first-order chi connectivity index (χ1) is 10.8. The highest BCUT2D eigenvalue weighted by Crippen LogP contribution is 2.14. The number of rotatable bonds is 5. The van der Waals surface area contributed by atoms with Crippen molar-refractivity contribution in [2.45, 2.75) is 25.9 Å². The fourth-order valence-corrected chi connectivity index (χ4v) is 2.39. The average Bonchev–Trinajstić information content (AvgIpc) is 3.05. The lowest BCUT2D eigenvalue weighted by molar-refractivity contribution is -0.137. The van der Waals surface area contributed by atoms with E-state index in [1.165, 1.54) is 6.42 Å². The normalized spacial score (nSPS) is 15.0. The summed E-state index contributed by atoms with van der Waals surface area (Å²) < 4.78 is 10.5. The Labute approximate surface area is 128 Å². The quantitative estimate of drug-likeness (QED) is 0.835. The minimum absolute atomic E-state index is 0.0201. The molecule has 7 heteroatoms. The van der Waals surface area contributed by atoms with Crippen LogP contribution in [0.3, 0.4) is 0 Å². The molecule has 0 N–H and O–H groups in total. The molecule has 0 saturated carbocycles. The van der Waals surface area contributed by atoms with Gasteiger partial charge in [-0.3, -0.25) is 9.78 Å². The van der Waals surface area contributed by atoms with Crippen molar-refractivity contribution in [1.29, 1.82) is 0 Å². The van der Waals surface area contributed by atoms with Crippen molar-refractivity contribution in [2.24, 2.45) is 0 Å². The average molecular weight is 302 g/mol. The van der Waals surface area contributed by atoms with Gasteiger partial charge in [0.15, 0.2) is 0 Å². The number of amides is 1. The van der Waals surface area contributed by atoms with E-state index in [9.17, 15) is 4.79 Å². The predicted octanol–water partition coefficient (Wildman–Crippen LogP) is 1.66. The molecule has 116 valence electrons. The van der Waals surface area contributed by atoms with Crippen molar-refractivity contribution in [3.05, 3.63) is 30.4 Å². The summed E-state index contributed by atoms with van der Waals surface area (Å²) in [7, 11) is 0. The molecule has 1 saturated heterocycles. The monoisotopic (exact) mass is 302 g/mol. The molecule has 3 heterocycles. The first kappa shape index (κ1) is 14.6. The standard InChI is InChI=1S/C15H18N4O3/c20-14(19-7-2-1-3-8-19)11-21-10-13-17-15(18-22-13)12-5-4-6-16-9-12/h4-6,9H,1-3,7-8,10-11H2. The molecule has 0 aliphatic carbocycles. The molecule has 0 spiro atoms. The molecule has 0 unspecified atom stereocenters. The van der Waals surface area contributed by atoms with Gasteiger partial charge in [0, 0.05) is 31.0 Å². The molecule has 0 bridgehead atoms. The number of nitrogens with zero attached hydrogens (tertiary/aromatic N) is 4. The van der Waals surface area contributed by atoms with Crippen molar-refractivity contribution in [2.75, 3.05) is 19.7 Å². The van der Waals surface area contributed by atoms with Gasteiger partial charge < -0.3 is 14.2 Å². The number of hydrogen-bond donors (Lipinski definition) is 0. The largest absolute Gasteiger partial charge is 0.362 e. The Morgan fingerprint density at radius 1 is 1.32 bits per heavy atom. The topological polar surface area (TPSA) is 81.3 Å². The number of ether oxygens (including phenoxy) is 1. The van der Waals surface area contributed by atoms with Crippen LogP contribution in [0.2, 0.25) is 0 Å². The van der Waals surface area contributed by atoms with Gasteiger partial charge in [0.1, 0.15) is 13.2 Å². The fourth-order valence-electron chi connectivity index (χ4n) is 2.39. The third-order valence-corrected chi connectivity index (χ3v) is 3.55. The van der Waals surface area contributed by atoms with Crippen LogP contribution in [-0.4, -0.2) is 45.6 Å². The third kappa shape index (κ3) is 3.67. The summed E-state index contributed by atoms with van der Waals surface area (Å²) in [5, 5.41) is 3.87. The van der Waals surface area contributed by atoms with Gasteiger partial charge in [-0.2, -0.15) is 4.98 Å². The lowest BCUT2D eigenvalue weighted by atomic mass is 10.1. The van der Waals surface area contributed by atoms with Gasteiger partial charge in [-0.05, 0) is 31.4 Å². The second kappa shape index (κ2) is 7.13. The Morgan fingerprint density at radius 2 is 2.18 bits per heavy atom. The van der Waals surface area contributed by atoms with Gasteiger partial charge in [-0.25, -0.2) is 0 Å². The second-order valence-corrected chi connectivity index (χ2v) is 5.19. The minimum Gasteiger partial charge on any atom is -0.362 e. The minimum atomic E-state index is 0.0201. The van der Waals surface area contributed by atoms with Crippen LogP contribution >= 0.6 is 0 Å². The summed E-state index contributed by atoms with van der Waals surface area (Å²) in [6, 6.07) is 3.65. The SMILES string of the molecule is O=C(COCc1nc(-c2cccnc2)no1)N1CCCCC1. The van der Waals surface area contributed by atoms with Crippen LogP contribution < -0.4 is 0 Å². The van der Waals surface area contributed by atoms with Crippen molar-refractivity contribution < 1.29 is 14.1 Å². The van der Waals surface area contributed by atoms with Gasteiger partial charge in [-0.1, -0.05) is 5.16 Å². The zero-order valence-electron chi connectivity index (χ0n) is 12.3. The summed E-state index contributed by atoms with van der Waals surface area (Å²) >= 11 is 0. The number of aromatic nitrogens is 3. The van der Waals surface area contributed by atoms with Crippen LogP contribution in [0.15, 0.2) is 29.0 Å². The molecule has 3 rings (SSSR count). The number of carbonyl (C=O) groups excluding carboxylic acids is 1. The molecular formula is C15H18N4O3. The van der Waals surface area contributed by atoms with Crippen molar-refractivity contribution in [3.8, 4) is 11.4 Å². The van der Waals surface area contributed by atoms with E-state index in [2.05, 4.69) is 15.1 Å². The molecule has 2 aromatic rings. The molecule has 0 atom stereocenters. The third-order valence-electron chi connectivity index (χ3n) is 3.55. The van der Waals surface area contributed by atoms with Crippen molar-refractivity contribution in [1.82, 2.24) is 20.0 Å². The first-order valence-electron chi connectivity index (χ1n) is 7.41. The lowest BCUT2D eigenvalue weighted by Gasteiger charge is -2.26. The zero-order chi connectivity index (χ0) is 15.2. The molecule has 0 radical (unpaired) electrons. The van der Waals surface area contributed by atoms with Crippen molar-refractivity contribution in [3.63, 3.8) is 0 Å². The van der Waals surface area contributed by atoms with Gasteiger partial charge in [-0.15, -0.1) is 0 Å². The maximum Gasteiger partial charge on any atom is 0.252 e. The first-order valence-corrected chi connectivity index (χ1v) is 7.41. The van der Waals surface area contributed by atoms with Gasteiger partial charge in [0.25, 0.3) is 5.89 Å². The lowest BCUT2D eigenvalue weighted by Crippen LogP contribution is -2.37. The number of carbonyl (C=O) groups is 1. The van der Waals surface area contributed by atoms with E-state index in [1.54, 1.807) is 18.5 Å². The van der Waals surface area contributed by atoms with Crippen LogP contribution in [0.25, 0.3) is 11.4 Å². The Hall–Kier alpha value is -2.28. The maximum atomic E-state index is 11.9. The second-order valence-electron chi connectivity index (χ2n) is 5.19. The van der Waals surface area contributed by atoms with Crippen LogP contribution in [0, 0.1) is 0 Å². The Morgan fingerprint density at radius 3 is 2.95 bits per heavy atom. The van der Waals surface area contributed by atoms with Crippen molar-refractivity contribution >= 4 is 5.91 Å². The van der Waals surface area contributed by atoms with E-state index in [1.807, 2.05) is 11.0 Å². The van der Waals surface area contributed by atoms with Crippen LogP contribution in [-0.2, 0) is 16.1 Å². The van der Waals surface area contributed by atoms with E-state index in [0.717, 1.165) is 31.5 Å². The number of piperidine rings is 1. The van der Waals surface area contributed by atoms with E-state index < -0.39 is 0 Å². The smallest absolute Gasteiger partial charge is 0.252 e. The Bertz CT molecular complexity index is 608. The molecule has 2 aromatic heterocycles. The molecule has 0 aromatic carbocycles. The summed E-state index contributed by atoms with van der Waals surface area (Å²) in [5.41, 5.74) is 0.780. The summed E-state index contributed by atoms with van der Waals surface area (Å²) in [6.45, 7) is 1.83. The highest BCUT2D eigenvalue weighted by Gasteiger charge is 2.17. The Balaban J connectivity index is 1.48. The summed E-state index contributed by atoms with van der Waals surface area (Å²) in [6.07, 6.45) is 6.69. The molecule has 7 nitrogen and oxygen atoms in total. The predicted molar refractivity (Wildman–Crippen MR) is 77.6 cm³/mol. The molecule has 1 aliphatic rings. The molecule has 22 heavy (non-hydrogen) atoms. The molecule has 1 amide bonds. The fraction of sp³-hybridized carbons (Fsp3) is 0.467.